The first kappa shape index (κ1) is 26.5. The van der Waals surface area contributed by atoms with Gasteiger partial charge in [0, 0.05) is 30.5 Å². The summed E-state index contributed by atoms with van der Waals surface area (Å²) in [6.45, 7) is 4.62. The van der Waals surface area contributed by atoms with E-state index in [4.69, 9.17) is 23.7 Å². The zero-order valence-corrected chi connectivity index (χ0v) is 22.3. The Labute approximate surface area is 218 Å². The number of esters is 2. The highest BCUT2D eigenvalue weighted by Crippen LogP contribution is 2.58. The van der Waals surface area contributed by atoms with Crippen LogP contribution in [0.15, 0.2) is 48.6 Å². The van der Waals surface area contributed by atoms with Crippen molar-refractivity contribution in [3.05, 3.63) is 65.2 Å². The van der Waals surface area contributed by atoms with E-state index in [2.05, 4.69) is 4.90 Å². The number of carbonyl (C=O) groups excluding carboxylic acids is 2. The topological polar surface area (TPSA) is 83.5 Å². The molecule has 2 aliphatic heterocycles. The Bertz CT molecular complexity index is 1180. The van der Waals surface area contributed by atoms with Gasteiger partial charge in [-0.3, -0.25) is 9.69 Å². The van der Waals surface area contributed by atoms with Crippen LogP contribution in [0.4, 0.5) is 0 Å². The maximum atomic E-state index is 13.6. The Morgan fingerprint density at radius 3 is 2.30 bits per heavy atom. The van der Waals surface area contributed by atoms with Gasteiger partial charge in [-0.25, -0.2) is 4.79 Å². The molecule has 37 heavy (non-hydrogen) atoms. The van der Waals surface area contributed by atoms with Crippen LogP contribution in [0.2, 0.25) is 0 Å². The maximum Gasteiger partial charge on any atom is 0.330 e. The van der Waals surface area contributed by atoms with Crippen LogP contribution in [0.25, 0.3) is 0 Å². The van der Waals surface area contributed by atoms with E-state index < -0.39 is 11.5 Å². The second kappa shape index (κ2) is 10.8. The summed E-state index contributed by atoms with van der Waals surface area (Å²) in [6, 6.07) is 11.5. The fourth-order valence-corrected chi connectivity index (χ4v) is 6.05. The Hall–Kier alpha value is -3.52. The molecule has 1 fully saturated rings. The molecule has 2 heterocycles. The molecule has 8 nitrogen and oxygen atoms in total. The summed E-state index contributed by atoms with van der Waals surface area (Å²) in [6.07, 6.45) is 4.08. The van der Waals surface area contributed by atoms with Gasteiger partial charge in [-0.1, -0.05) is 18.2 Å². The predicted molar refractivity (Wildman–Crippen MR) is 138 cm³/mol. The van der Waals surface area contributed by atoms with Crippen LogP contribution in [0.1, 0.15) is 42.5 Å². The number of methoxy groups -OCH3 is 4. The summed E-state index contributed by atoms with van der Waals surface area (Å²) in [5.41, 5.74) is 2.11. The Morgan fingerprint density at radius 1 is 1.03 bits per heavy atom. The summed E-state index contributed by atoms with van der Waals surface area (Å²) in [4.78, 5) is 28.2. The molecule has 1 saturated heterocycles. The first-order valence-electron chi connectivity index (χ1n) is 12.4. The van der Waals surface area contributed by atoms with Crippen LogP contribution in [0, 0.1) is 5.92 Å². The van der Waals surface area contributed by atoms with Crippen LogP contribution < -0.4 is 14.2 Å². The number of ether oxygens (including phenoxy) is 5. The smallest absolute Gasteiger partial charge is 0.330 e. The summed E-state index contributed by atoms with van der Waals surface area (Å²) in [5, 5.41) is 0. The molecule has 2 aromatic rings. The van der Waals surface area contributed by atoms with Crippen molar-refractivity contribution >= 4 is 11.9 Å². The van der Waals surface area contributed by atoms with Gasteiger partial charge in [-0.05, 0) is 61.2 Å². The number of hydrogen-bond acceptors (Lipinski definition) is 8. The molecule has 8 heteroatoms. The molecule has 4 rings (SSSR count). The van der Waals surface area contributed by atoms with E-state index in [-0.39, 0.29) is 30.5 Å². The second-order valence-corrected chi connectivity index (χ2v) is 9.37. The first-order chi connectivity index (χ1) is 17.8. The highest BCUT2D eigenvalue weighted by Gasteiger charge is 2.62. The van der Waals surface area contributed by atoms with E-state index in [1.54, 1.807) is 28.3 Å². The lowest BCUT2D eigenvalue weighted by molar-refractivity contribution is -0.154. The van der Waals surface area contributed by atoms with Gasteiger partial charge >= 0.3 is 11.9 Å². The van der Waals surface area contributed by atoms with Gasteiger partial charge in [-0.15, -0.1) is 0 Å². The van der Waals surface area contributed by atoms with Crippen LogP contribution in [0.3, 0.4) is 0 Å². The zero-order valence-electron chi connectivity index (χ0n) is 22.3. The molecule has 0 spiro atoms. The molecule has 0 N–H and O–H groups in total. The molecule has 0 bridgehead atoms. The summed E-state index contributed by atoms with van der Waals surface area (Å²) in [5.74, 6) is 0.684. The lowest BCUT2D eigenvalue weighted by atomic mass is 9.74. The lowest BCUT2D eigenvalue weighted by Gasteiger charge is -2.41. The van der Waals surface area contributed by atoms with Gasteiger partial charge in [0.15, 0.2) is 11.5 Å². The van der Waals surface area contributed by atoms with Gasteiger partial charge in [0.1, 0.15) is 11.3 Å². The fourth-order valence-electron chi connectivity index (χ4n) is 6.05. The second-order valence-electron chi connectivity index (χ2n) is 9.37. The van der Waals surface area contributed by atoms with Gasteiger partial charge < -0.3 is 23.7 Å². The number of hydrogen-bond donors (Lipinski definition) is 0. The quantitative estimate of drug-likeness (QED) is 0.389. The fraction of sp³-hybridized carbons (Fsp3) is 0.448. The third kappa shape index (κ3) is 4.55. The number of carbonyl (C=O) groups is 2. The molecule has 0 aliphatic carbocycles. The van der Waals surface area contributed by atoms with Crippen molar-refractivity contribution in [3.63, 3.8) is 0 Å². The molecular formula is C29H35NO7. The van der Waals surface area contributed by atoms with Crippen LogP contribution in [0.5, 0.6) is 17.2 Å². The minimum Gasteiger partial charge on any atom is -0.497 e. The van der Waals surface area contributed by atoms with Gasteiger partial charge in [0.2, 0.25) is 0 Å². The predicted octanol–water partition coefficient (Wildman–Crippen LogP) is 4.08. The molecule has 198 valence electrons. The third-order valence-corrected chi connectivity index (χ3v) is 7.69. The molecule has 0 unspecified atom stereocenters. The Morgan fingerprint density at radius 2 is 1.70 bits per heavy atom. The maximum absolute atomic E-state index is 13.6. The van der Waals surface area contributed by atoms with E-state index in [1.165, 1.54) is 13.2 Å². The highest BCUT2D eigenvalue weighted by molar-refractivity contribution is 5.84. The van der Waals surface area contributed by atoms with E-state index >= 15 is 0 Å². The average Bonchev–Trinajstić information content (AvgIpc) is 3.19. The minimum atomic E-state index is -0.997. The van der Waals surface area contributed by atoms with Gasteiger partial charge in [-0.2, -0.15) is 0 Å². The zero-order chi connectivity index (χ0) is 26.7. The van der Waals surface area contributed by atoms with Crippen LogP contribution >= 0.6 is 0 Å². The first-order valence-corrected chi connectivity index (χ1v) is 12.4. The number of fused-ring (bicyclic) bond motifs is 3. The SMILES string of the molecule is CCOC(=O)/C=C/[C@@H]1[C@@H](c2ccc(OC)cc2)[C@](C)(C(=O)OC)N2CCc3cc(OC)c(OC)cc3[C@@H]12. The third-order valence-electron chi connectivity index (χ3n) is 7.69. The Kier molecular flexibility index (Phi) is 7.78. The van der Waals surface area contributed by atoms with Crippen molar-refractivity contribution in [3.8, 4) is 17.2 Å². The standard InChI is InChI=1S/C29H35NO7/c1-7-37-25(31)13-12-21-26(18-8-10-20(33-3)11-9-18)29(2,28(32)36-6)30-15-14-19-16-23(34-4)24(35-5)17-22(19)27(21)30/h8-13,16-17,21,26-27H,7,14-15H2,1-6H3/b13-12+/t21-,26-,27-,29-/m1/s1. The highest BCUT2D eigenvalue weighted by atomic mass is 16.5. The van der Waals surface area contributed by atoms with E-state index in [9.17, 15) is 9.59 Å². The lowest BCUT2D eigenvalue weighted by Crippen LogP contribution is -2.53. The molecular weight excluding hydrogens is 474 g/mol. The van der Waals surface area contributed by atoms with Gasteiger partial charge in [0.25, 0.3) is 0 Å². The monoisotopic (exact) mass is 509 g/mol. The molecule has 2 aromatic carbocycles. The van der Waals surface area contributed by atoms with Crippen molar-refractivity contribution in [1.29, 1.82) is 0 Å². The van der Waals surface area contributed by atoms with Crippen molar-refractivity contribution < 1.29 is 33.3 Å². The minimum absolute atomic E-state index is 0.217. The van der Waals surface area contributed by atoms with Gasteiger partial charge in [0.05, 0.1) is 35.0 Å². The summed E-state index contributed by atoms with van der Waals surface area (Å²) >= 11 is 0. The molecule has 0 aromatic heterocycles. The normalized spacial score (nSPS) is 24.8. The van der Waals surface area contributed by atoms with Crippen molar-refractivity contribution in [2.75, 3.05) is 41.6 Å². The van der Waals surface area contributed by atoms with Crippen molar-refractivity contribution in [2.24, 2.45) is 5.92 Å². The van der Waals surface area contributed by atoms with E-state index in [1.807, 2.05) is 49.4 Å². The summed E-state index contributed by atoms with van der Waals surface area (Å²) < 4.78 is 27.1. The van der Waals surface area contributed by atoms with Crippen molar-refractivity contribution in [2.45, 2.75) is 37.8 Å². The van der Waals surface area contributed by atoms with Crippen LogP contribution in [-0.2, 0) is 25.5 Å². The summed E-state index contributed by atoms with van der Waals surface area (Å²) in [7, 11) is 6.26. The average molecular weight is 510 g/mol. The molecule has 0 amide bonds. The Balaban J connectivity index is 1.94. The largest absolute Gasteiger partial charge is 0.497 e. The van der Waals surface area contributed by atoms with Crippen molar-refractivity contribution in [1.82, 2.24) is 4.90 Å². The number of rotatable bonds is 8. The molecule has 0 saturated carbocycles. The van der Waals surface area contributed by atoms with E-state index in [0.29, 0.717) is 18.0 Å². The van der Waals surface area contributed by atoms with E-state index in [0.717, 1.165) is 28.9 Å². The van der Waals surface area contributed by atoms with Crippen LogP contribution in [-0.4, -0.2) is 64.0 Å². The molecule has 4 atom stereocenters. The number of benzene rings is 2. The number of nitrogens with zero attached hydrogens (tertiary/aromatic N) is 1. The molecule has 0 radical (unpaired) electrons. The molecule has 2 aliphatic rings.